The summed E-state index contributed by atoms with van der Waals surface area (Å²) in [5.74, 6) is 0. The van der Waals surface area contributed by atoms with E-state index in [2.05, 4.69) is 377 Å². The highest BCUT2D eigenvalue weighted by molar-refractivity contribution is 6.12. The molecule has 454 valence electrons. The fourth-order valence-corrected chi connectivity index (χ4v) is 15.7. The maximum Gasteiger partial charge on any atom is 0.0541 e. The maximum absolute atomic E-state index is 2.47. The van der Waals surface area contributed by atoms with E-state index in [1.807, 2.05) is 0 Å². The van der Waals surface area contributed by atoms with E-state index < -0.39 is 0 Å². The molecule has 2 aliphatic carbocycles. The third-order valence-corrected chi connectivity index (χ3v) is 21.0. The lowest BCUT2D eigenvalue weighted by Gasteiger charge is -2.24. The fraction of sp³-hybridized carbons (Fsp3) is 0.0638. The number of hydrogen-bond acceptors (Lipinski definition) is 0. The van der Waals surface area contributed by atoms with Crippen molar-refractivity contribution in [2.75, 3.05) is 0 Å². The van der Waals surface area contributed by atoms with Crippen LogP contribution in [0.15, 0.2) is 315 Å². The Morgan fingerprint density at radius 1 is 0.208 bits per heavy atom. The van der Waals surface area contributed by atoms with Crippen LogP contribution in [0.5, 0.6) is 0 Å². The van der Waals surface area contributed by atoms with Crippen LogP contribution in [0.4, 0.5) is 0 Å². The van der Waals surface area contributed by atoms with E-state index in [1.54, 1.807) is 0 Å². The van der Waals surface area contributed by atoms with Crippen LogP contribution in [0.2, 0.25) is 0 Å². The quantitative estimate of drug-likeness (QED) is 0.114. The van der Waals surface area contributed by atoms with Crippen LogP contribution in [0, 0.1) is 0 Å². The van der Waals surface area contributed by atoms with Crippen molar-refractivity contribution in [1.29, 1.82) is 0 Å². The van der Waals surface area contributed by atoms with Gasteiger partial charge in [0.2, 0.25) is 0 Å². The number of nitrogens with zero attached hydrogens (tertiary/aromatic N) is 2. The van der Waals surface area contributed by atoms with E-state index in [-0.39, 0.29) is 10.8 Å². The van der Waals surface area contributed by atoms with Gasteiger partial charge in [-0.2, -0.15) is 0 Å². The largest absolute Gasteiger partial charge is 0.309 e. The van der Waals surface area contributed by atoms with Crippen LogP contribution < -0.4 is 0 Å². The van der Waals surface area contributed by atoms with E-state index in [4.69, 9.17) is 0 Å². The predicted molar refractivity (Wildman–Crippen MR) is 408 cm³/mol. The van der Waals surface area contributed by atoms with Crippen LogP contribution in [0.1, 0.15) is 72.2 Å². The average molecular weight is 1230 g/mol. The molecule has 0 atom stereocenters. The van der Waals surface area contributed by atoms with Crippen molar-refractivity contribution >= 4 is 67.9 Å². The summed E-state index contributed by atoms with van der Waals surface area (Å²) in [6.07, 6.45) is 8.86. The molecule has 14 aromatic carbocycles. The lowest BCUT2D eigenvalue weighted by atomic mass is 9.79. The van der Waals surface area contributed by atoms with Gasteiger partial charge in [-0.15, -0.1) is 0 Å². The summed E-state index contributed by atoms with van der Waals surface area (Å²) >= 11 is 0. The number of hydrogen-bond donors (Lipinski definition) is 0. The average Bonchev–Trinajstić information content (AvgIpc) is 1.58. The predicted octanol–water partition coefficient (Wildman–Crippen LogP) is 25.2. The number of aromatic nitrogens is 2. The first kappa shape index (κ1) is 56.9. The molecular formula is C94H68N2. The highest BCUT2D eigenvalue weighted by Gasteiger charge is 2.38. The number of rotatable bonds is 11. The zero-order chi connectivity index (χ0) is 64.2. The van der Waals surface area contributed by atoms with Crippen LogP contribution in [0.3, 0.4) is 0 Å². The van der Waals surface area contributed by atoms with Crippen molar-refractivity contribution in [2.45, 2.75) is 38.5 Å². The van der Waals surface area contributed by atoms with Gasteiger partial charge in [-0.25, -0.2) is 0 Å². The van der Waals surface area contributed by atoms with Crippen molar-refractivity contribution in [3.05, 3.63) is 360 Å². The van der Waals surface area contributed by atoms with E-state index in [0.29, 0.717) is 0 Å². The normalized spacial score (nSPS) is 13.5. The molecule has 0 fully saturated rings. The Bertz CT molecular complexity index is 5450. The van der Waals surface area contributed by atoms with Gasteiger partial charge in [0.15, 0.2) is 0 Å². The van der Waals surface area contributed by atoms with Crippen molar-refractivity contribution in [3.8, 4) is 89.3 Å². The topological polar surface area (TPSA) is 9.86 Å². The number of para-hydroxylation sites is 4. The van der Waals surface area contributed by atoms with Gasteiger partial charge in [-0.3, -0.25) is 0 Å². The summed E-state index contributed by atoms with van der Waals surface area (Å²) < 4.78 is 4.74. The van der Waals surface area contributed by atoms with Gasteiger partial charge in [-0.05, 0) is 207 Å². The molecule has 0 saturated heterocycles. The number of benzene rings is 14. The Balaban J connectivity index is 0.532. The van der Waals surface area contributed by atoms with E-state index in [9.17, 15) is 0 Å². The van der Waals surface area contributed by atoms with E-state index in [0.717, 1.165) is 0 Å². The van der Waals surface area contributed by atoms with Crippen LogP contribution in [0.25, 0.3) is 157 Å². The summed E-state index contributed by atoms with van der Waals surface area (Å²) in [4.78, 5) is 0. The Labute approximate surface area is 561 Å². The van der Waals surface area contributed by atoms with E-state index in [1.165, 1.54) is 177 Å². The van der Waals surface area contributed by atoms with Crippen molar-refractivity contribution in [1.82, 2.24) is 9.13 Å². The second-order valence-electron chi connectivity index (χ2n) is 27.3. The monoisotopic (exact) mass is 1220 g/mol. The fourth-order valence-electron chi connectivity index (χ4n) is 15.7. The lowest BCUT2D eigenvalue weighted by Crippen LogP contribution is -2.15. The minimum atomic E-state index is -0.167. The molecule has 0 radical (unpaired) electrons. The summed E-state index contributed by atoms with van der Waals surface area (Å²) in [6.45, 7) is 9.59. The summed E-state index contributed by atoms with van der Waals surface area (Å²) in [7, 11) is 0. The molecule has 0 bridgehead atoms. The third-order valence-electron chi connectivity index (χ3n) is 21.0. The van der Waals surface area contributed by atoms with Crippen LogP contribution in [-0.2, 0) is 10.8 Å². The Morgan fingerprint density at radius 2 is 0.448 bits per heavy atom. The minimum Gasteiger partial charge on any atom is -0.309 e. The molecule has 0 amide bonds. The molecule has 2 nitrogen and oxygen atoms in total. The molecule has 18 rings (SSSR count). The summed E-state index contributed by atoms with van der Waals surface area (Å²) in [5.41, 5.74) is 34.7. The first-order valence-electron chi connectivity index (χ1n) is 33.6. The Kier molecular flexibility index (Phi) is 13.3. The first-order chi connectivity index (χ1) is 47.1. The number of fused-ring (bicyclic) bond motifs is 12. The highest BCUT2D eigenvalue weighted by Crippen LogP contribution is 2.54. The van der Waals surface area contributed by atoms with Crippen LogP contribution in [-0.4, -0.2) is 9.13 Å². The first-order valence-corrected chi connectivity index (χ1v) is 33.6. The van der Waals surface area contributed by atoms with Gasteiger partial charge >= 0.3 is 0 Å². The third kappa shape index (κ3) is 9.54. The standard InChI is InChI=1S/C94H68N2/c1-93(2)85-57-71(67-39-31-63(32-40-67)25-23-61-27-35-65(36-28-61)69-47-53-91-83(55-69)81-19-11-13-21-89(81)95(91)75-15-7-5-8-16-75)43-49-77(85)79-51-45-73(59-87(79)93)74-46-52-80-78-50-44-72(58-86(78)94(3,4)88(80)60-74)68-41-33-64(34-42-68)26-24-62-29-37-66(38-30-62)70-48-54-92-84(56-70)82-20-12-14-22-90(82)96(92)76-17-9-6-10-18-76/h5-60H,1-4H3/b25-23+,26-24+. The Morgan fingerprint density at radius 3 is 0.760 bits per heavy atom. The molecule has 96 heavy (non-hydrogen) atoms. The minimum absolute atomic E-state index is 0.167. The molecule has 0 aliphatic heterocycles. The molecule has 0 N–H and O–H groups in total. The molecule has 0 saturated carbocycles. The van der Waals surface area contributed by atoms with Gasteiger partial charge in [-0.1, -0.05) is 283 Å². The van der Waals surface area contributed by atoms with Gasteiger partial charge < -0.3 is 9.13 Å². The van der Waals surface area contributed by atoms with E-state index >= 15 is 0 Å². The zero-order valence-corrected chi connectivity index (χ0v) is 54.2. The SMILES string of the molecule is CC1(C)c2cc(-c3ccc(/C=C/c4ccc(-c5ccc6c(c5)c5ccccc5n6-c5ccccc5)cc4)cc3)ccc2-c2ccc(-c3ccc4c(c3)C(C)(C)c3cc(-c5ccc(/C=C/c6ccc(-c7ccc8c(c7)c7ccccc7n8-c7ccccc7)cc6)cc5)ccc3-4)cc21. The summed E-state index contributed by atoms with van der Waals surface area (Å²) in [5, 5.41) is 5.05. The van der Waals surface area contributed by atoms with Crippen LogP contribution >= 0.6 is 0 Å². The molecule has 2 heteroatoms. The maximum atomic E-state index is 2.47. The molecule has 16 aromatic rings. The smallest absolute Gasteiger partial charge is 0.0541 e. The summed E-state index contributed by atoms with van der Waals surface area (Å²) in [6, 6.07) is 117. The van der Waals surface area contributed by atoms with Gasteiger partial charge in [0.05, 0.1) is 22.1 Å². The van der Waals surface area contributed by atoms with Gasteiger partial charge in [0.1, 0.15) is 0 Å². The second-order valence-corrected chi connectivity index (χ2v) is 27.3. The van der Waals surface area contributed by atoms with Gasteiger partial charge in [0.25, 0.3) is 0 Å². The Hall–Kier alpha value is -11.8. The van der Waals surface area contributed by atoms with Crippen molar-refractivity contribution < 1.29 is 0 Å². The molecular weight excluding hydrogens is 1160 g/mol. The second kappa shape index (κ2) is 22.4. The molecule has 2 aromatic heterocycles. The lowest BCUT2D eigenvalue weighted by molar-refractivity contribution is 0.660. The van der Waals surface area contributed by atoms with Crippen molar-refractivity contribution in [2.24, 2.45) is 0 Å². The molecule has 2 aliphatic rings. The molecule has 2 heterocycles. The molecule has 0 unspecified atom stereocenters. The molecule has 0 spiro atoms. The zero-order valence-electron chi connectivity index (χ0n) is 54.2. The highest BCUT2D eigenvalue weighted by atomic mass is 15.0. The van der Waals surface area contributed by atoms with Crippen molar-refractivity contribution in [3.63, 3.8) is 0 Å². The van der Waals surface area contributed by atoms with Gasteiger partial charge in [0, 0.05) is 43.7 Å².